The number of hydrazine groups is 1. The van der Waals surface area contributed by atoms with Gasteiger partial charge < -0.3 is 0 Å². The Morgan fingerprint density at radius 1 is 1.29 bits per heavy atom. The SMILES string of the molecule is Cc1nn(C)c(Cl)c1C=CC(=O)N1CCCN1C(=O)CS(C)(=O)=O. The molecule has 2 amide bonds. The Bertz CT molecular complexity index is 800. The van der Waals surface area contributed by atoms with Crippen molar-refractivity contribution >= 4 is 39.3 Å². The van der Waals surface area contributed by atoms with Crippen molar-refractivity contribution in [3.05, 3.63) is 22.5 Å². The fourth-order valence-corrected chi connectivity index (χ4v) is 3.31. The van der Waals surface area contributed by atoms with E-state index in [2.05, 4.69) is 5.10 Å². The molecule has 0 bridgehead atoms. The van der Waals surface area contributed by atoms with Gasteiger partial charge in [0.15, 0.2) is 9.84 Å². The number of nitrogens with zero attached hydrogens (tertiary/aromatic N) is 4. The second-order valence-corrected chi connectivity index (χ2v) is 8.15. The lowest BCUT2D eigenvalue weighted by Crippen LogP contribution is -2.46. The maximum absolute atomic E-state index is 12.4. The Hall–Kier alpha value is -1.87. The molecule has 1 aliphatic rings. The first-order chi connectivity index (χ1) is 11.1. The molecule has 2 heterocycles. The number of sulfone groups is 1. The summed E-state index contributed by atoms with van der Waals surface area (Å²) in [5, 5.41) is 6.99. The minimum Gasteiger partial charge on any atom is -0.272 e. The van der Waals surface area contributed by atoms with E-state index >= 15 is 0 Å². The summed E-state index contributed by atoms with van der Waals surface area (Å²) in [5.74, 6) is -1.63. The number of carbonyl (C=O) groups excluding carboxylic acids is 2. The van der Waals surface area contributed by atoms with Crippen LogP contribution in [0.15, 0.2) is 6.08 Å². The van der Waals surface area contributed by atoms with Crippen molar-refractivity contribution in [2.24, 2.45) is 7.05 Å². The molecule has 8 nitrogen and oxygen atoms in total. The van der Waals surface area contributed by atoms with Gasteiger partial charge in [-0.05, 0) is 19.4 Å². The summed E-state index contributed by atoms with van der Waals surface area (Å²) in [5.41, 5.74) is 1.30. The van der Waals surface area contributed by atoms with Gasteiger partial charge in [-0.3, -0.25) is 19.3 Å². The van der Waals surface area contributed by atoms with Crippen LogP contribution in [0.25, 0.3) is 6.08 Å². The molecule has 0 aliphatic carbocycles. The molecular weight excluding hydrogens is 356 g/mol. The van der Waals surface area contributed by atoms with Crippen LogP contribution in [0.4, 0.5) is 0 Å². The van der Waals surface area contributed by atoms with Crippen LogP contribution in [0.3, 0.4) is 0 Å². The van der Waals surface area contributed by atoms with Crippen LogP contribution in [-0.2, 0) is 26.5 Å². The van der Waals surface area contributed by atoms with Crippen molar-refractivity contribution < 1.29 is 18.0 Å². The molecule has 0 radical (unpaired) electrons. The Balaban J connectivity index is 2.13. The van der Waals surface area contributed by atoms with Crippen LogP contribution in [-0.4, -0.2) is 65.1 Å². The van der Waals surface area contributed by atoms with Gasteiger partial charge in [0.1, 0.15) is 10.9 Å². The van der Waals surface area contributed by atoms with Crippen LogP contribution in [0.2, 0.25) is 5.15 Å². The molecule has 1 aromatic rings. The van der Waals surface area contributed by atoms with Crippen LogP contribution >= 0.6 is 11.6 Å². The summed E-state index contributed by atoms with van der Waals surface area (Å²) in [6.07, 6.45) is 4.44. The van der Waals surface area contributed by atoms with Crippen LogP contribution in [0.5, 0.6) is 0 Å². The Kier molecular flexibility index (Phi) is 5.34. The number of carbonyl (C=O) groups is 2. The molecule has 10 heteroatoms. The minimum atomic E-state index is -3.45. The zero-order chi connectivity index (χ0) is 18.1. The summed E-state index contributed by atoms with van der Waals surface area (Å²) in [4.78, 5) is 24.4. The molecule has 0 saturated carbocycles. The molecule has 1 saturated heterocycles. The normalized spacial score (nSPS) is 15.5. The lowest BCUT2D eigenvalue weighted by atomic mass is 10.2. The maximum atomic E-state index is 12.4. The van der Waals surface area contributed by atoms with E-state index in [-0.39, 0.29) is 0 Å². The van der Waals surface area contributed by atoms with Gasteiger partial charge in [-0.1, -0.05) is 11.6 Å². The number of rotatable bonds is 4. The monoisotopic (exact) mass is 374 g/mol. The second-order valence-electron chi connectivity index (χ2n) is 5.65. The van der Waals surface area contributed by atoms with Crippen molar-refractivity contribution in [3.63, 3.8) is 0 Å². The lowest BCUT2D eigenvalue weighted by Gasteiger charge is -2.26. The molecule has 2 rings (SSSR count). The molecule has 0 atom stereocenters. The number of hydrogen-bond acceptors (Lipinski definition) is 5. The number of aryl methyl sites for hydroxylation is 2. The molecule has 132 valence electrons. The standard InChI is InChI=1S/C14H19ClN4O4S/c1-10-11(14(15)17(2)16-10)5-6-12(20)18-7-4-8-19(18)13(21)9-24(3,22)23/h5-6H,4,7-9H2,1-3H3. The van der Waals surface area contributed by atoms with E-state index in [1.807, 2.05) is 0 Å². The number of aromatic nitrogens is 2. The summed E-state index contributed by atoms with van der Waals surface area (Å²) >= 11 is 6.10. The molecule has 1 aliphatic heterocycles. The lowest BCUT2D eigenvalue weighted by molar-refractivity contribution is -0.152. The van der Waals surface area contributed by atoms with Gasteiger partial charge >= 0.3 is 0 Å². The third kappa shape index (κ3) is 4.15. The third-order valence-electron chi connectivity index (χ3n) is 3.55. The van der Waals surface area contributed by atoms with E-state index < -0.39 is 27.4 Å². The van der Waals surface area contributed by atoms with Crippen molar-refractivity contribution in [3.8, 4) is 0 Å². The molecule has 0 N–H and O–H groups in total. The van der Waals surface area contributed by atoms with Gasteiger partial charge in [0.05, 0.1) is 5.69 Å². The highest BCUT2D eigenvalue weighted by molar-refractivity contribution is 7.91. The van der Waals surface area contributed by atoms with Crippen LogP contribution < -0.4 is 0 Å². The summed E-state index contributed by atoms with van der Waals surface area (Å²) < 4.78 is 24.0. The fourth-order valence-electron chi connectivity index (χ4n) is 2.48. The quantitative estimate of drug-likeness (QED) is 0.712. The molecule has 1 fully saturated rings. The number of amides is 2. The second kappa shape index (κ2) is 6.94. The molecule has 0 unspecified atom stereocenters. The molecule has 1 aromatic heterocycles. The first kappa shape index (κ1) is 18.5. The summed E-state index contributed by atoms with van der Waals surface area (Å²) in [7, 11) is -1.75. The van der Waals surface area contributed by atoms with Gasteiger partial charge in [0, 0.05) is 38.0 Å². The van der Waals surface area contributed by atoms with E-state index in [1.54, 1.807) is 20.0 Å². The van der Waals surface area contributed by atoms with E-state index in [9.17, 15) is 18.0 Å². The van der Waals surface area contributed by atoms with Gasteiger partial charge in [-0.25, -0.2) is 13.4 Å². The average molecular weight is 375 g/mol. The third-order valence-corrected chi connectivity index (χ3v) is 4.77. The van der Waals surface area contributed by atoms with Gasteiger partial charge in [-0.2, -0.15) is 5.10 Å². The predicted molar refractivity (Wildman–Crippen MR) is 89.7 cm³/mol. The van der Waals surface area contributed by atoms with E-state index in [0.717, 1.165) is 6.26 Å². The van der Waals surface area contributed by atoms with E-state index in [1.165, 1.54) is 20.8 Å². The molecular formula is C14H19ClN4O4S. The molecule has 0 aromatic carbocycles. The van der Waals surface area contributed by atoms with Gasteiger partial charge in [-0.15, -0.1) is 0 Å². The topological polar surface area (TPSA) is 92.6 Å². The summed E-state index contributed by atoms with van der Waals surface area (Å²) in [6, 6.07) is 0. The van der Waals surface area contributed by atoms with Crippen molar-refractivity contribution in [1.82, 2.24) is 19.8 Å². The zero-order valence-corrected chi connectivity index (χ0v) is 15.3. The predicted octanol–water partition coefficient (Wildman–Crippen LogP) is 0.416. The molecule has 24 heavy (non-hydrogen) atoms. The van der Waals surface area contributed by atoms with Crippen LogP contribution in [0, 0.1) is 6.92 Å². The summed E-state index contributed by atoms with van der Waals surface area (Å²) in [6.45, 7) is 2.45. The first-order valence-corrected chi connectivity index (χ1v) is 9.70. The van der Waals surface area contributed by atoms with Crippen molar-refractivity contribution in [2.45, 2.75) is 13.3 Å². The Morgan fingerprint density at radius 2 is 1.92 bits per heavy atom. The highest BCUT2D eigenvalue weighted by Gasteiger charge is 2.31. The highest BCUT2D eigenvalue weighted by atomic mass is 35.5. The Labute approximate surface area is 145 Å². The van der Waals surface area contributed by atoms with Gasteiger partial charge in [0.25, 0.3) is 11.8 Å². The van der Waals surface area contributed by atoms with E-state index in [0.29, 0.717) is 35.9 Å². The highest BCUT2D eigenvalue weighted by Crippen LogP contribution is 2.20. The molecule has 0 spiro atoms. The Morgan fingerprint density at radius 3 is 2.46 bits per heavy atom. The van der Waals surface area contributed by atoms with Gasteiger partial charge in [0.2, 0.25) is 0 Å². The number of halogens is 1. The largest absolute Gasteiger partial charge is 0.272 e. The average Bonchev–Trinajstić information content (AvgIpc) is 3.02. The number of hydrogen-bond donors (Lipinski definition) is 0. The van der Waals surface area contributed by atoms with Crippen LogP contribution in [0.1, 0.15) is 17.7 Å². The maximum Gasteiger partial charge on any atom is 0.265 e. The van der Waals surface area contributed by atoms with E-state index in [4.69, 9.17) is 11.6 Å². The van der Waals surface area contributed by atoms with Crippen molar-refractivity contribution in [1.29, 1.82) is 0 Å². The first-order valence-electron chi connectivity index (χ1n) is 7.27. The minimum absolute atomic E-state index is 0.320. The smallest absolute Gasteiger partial charge is 0.265 e. The fraction of sp³-hybridized carbons (Fsp3) is 0.500. The van der Waals surface area contributed by atoms with Crippen molar-refractivity contribution in [2.75, 3.05) is 25.1 Å². The zero-order valence-electron chi connectivity index (χ0n) is 13.7.